The van der Waals surface area contributed by atoms with Crippen LogP contribution in [0.2, 0.25) is 0 Å². The van der Waals surface area contributed by atoms with E-state index >= 15 is 0 Å². The van der Waals surface area contributed by atoms with E-state index < -0.39 is 0 Å². The Morgan fingerprint density at radius 1 is 1.62 bits per heavy atom. The number of aliphatic hydroxyl groups excluding tert-OH is 1. The molecular formula is C9H20N2O2. The lowest BCUT2D eigenvalue weighted by atomic mass is 10.1. The van der Waals surface area contributed by atoms with Crippen molar-refractivity contribution in [3.8, 4) is 0 Å². The molecule has 0 heterocycles. The van der Waals surface area contributed by atoms with Crippen LogP contribution >= 0.6 is 0 Å². The summed E-state index contributed by atoms with van der Waals surface area (Å²) in [6.45, 7) is 4.17. The summed E-state index contributed by atoms with van der Waals surface area (Å²) in [4.78, 5) is 11.1. The minimum absolute atomic E-state index is 0.0324. The summed E-state index contributed by atoms with van der Waals surface area (Å²) in [6.07, 6.45) is 1.41. The lowest BCUT2D eigenvalue weighted by Crippen LogP contribution is -2.32. The Balaban J connectivity index is 3.41. The van der Waals surface area contributed by atoms with Crippen molar-refractivity contribution in [3.05, 3.63) is 0 Å². The van der Waals surface area contributed by atoms with Crippen LogP contribution in [0.5, 0.6) is 0 Å². The van der Waals surface area contributed by atoms with Crippen LogP contribution in [0.15, 0.2) is 0 Å². The first-order valence-corrected chi connectivity index (χ1v) is 4.76. The largest absolute Gasteiger partial charge is 0.393 e. The average molecular weight is 188 g/mol. The highest BCUT2D eigenvalue weighted by atomic mass is 16.3. The van der Waals surface area contributed by atoms with Crippen LogP contribution in [0.3, 0.4) is 0 Å². The van der Waals surface area contributed by atoms with E-state index in [0.717, 1.165) is 6.42 Å². The Bertz CT molecular complexity index is 149. The van der Waals surface area contributed by atoms with Crippen molar-refractivity contribution in [2.24, 2.45) is 5.73 Å². The first kappa shape index (κ1) is 12.4. The Kier molecular flexibility index (Phi) is 6.54. The first-order chi connectivity index (χ1) is 6.06. The maximum absolute atomic E-state index is 11.1. The second-order valence-electron chi connectivity index (χ2n) is 3.36. The molecule has 2 atom stereocenters. The normalized spacial score (nSPS) is 15.1. The quantitative estimate of drug-likeness (QED) is 0.549. The summed E-state index contributed by atoms with van der Waals surface area (Å²) < 4.78 is 0. The zero-order valence-electron chi connectivity index (χ0n) is 8.42. The lowest BCUT2D eigenvalue weighted by Gasteiger charge is -2.09. The third-order valence-corrected chi connectivity index (χ3v) is 1.86. The fourth-order valence-electron chi connectivity index (χ4n) is 0.875. The van der Waals surface area contributed by atoms with Crippen molar-refractivity contribution in [2.75, 3.05) is 6.54 Å². The maximum Gasteiger partial charge on any atom is 0.221 e. The molecule has 0 aromatic carbocycles. The number of amides is 1. The van der Waals surface area contributed by atoms with Crippen LogP contribution in [0.25, 0.3) is 0 Å². The highest BCUT2D eigenvalue weighted by Crippen LogP contribution is 1.93. The SMILES string of the molecule is CCC(N)CC(=O)NCCC(C)O. The lowest BCUT2D eigenvalue weighted by molar-refractivity contribution is -0.121. The molecule has 0 aliphatic carbocycles. The van der Waals surface area contributed by atoms with E-state index in [2.05, 4.69) is 5.32 Å². The summed E-state index contributed by atoms with van der Waals surface area (Å²) in [6, 6.07) is -0.0495. The molecule has 0 bridgehead atoms. The first-order valence-electron chi connectivity index (χ1n) is 4.76. The molecule has 0 rings (SSSR count). The van der Waals surface area contributed by atoms with E-state index in [9.17, 15) is 4.79 Å². The highest BCUT2D eigenvalue weighted by molar-refractivity contribution is 5.76. The number of hydrogen-bond acceptors (Lipinski definition) is 3. The standard InChI is InChI=1S/C9H20N2O2/c1-3-8(10)6-9(13)11-5-4-7(2)12/h7-8,12H,3-6,10H2,1-2H3,(H,11,13). The van der Waals surface area contributed by atoms with Gasteiger partial charge in [-0.25, -0.2) is 0 Å². The molecule has 0 saturated heterocycles. The van der Waals surface area contributed by atoms with E-state index in [-0.39, 0.29) is 18.1 Å². The van der Waals surface area contributed by atoms with Crippen LogP contribution < -0.4 is 11.1 Å². The van der Waals surface area contributed by atoms with Gasteiger partial charge in [-0.1, -0.05) is 6.92 Å². The fraction of sp³-hybridized carbons (Fsp3) is 0.889. The van der Waals surface area contributed by atoms with Gasteiger partial charge in [-0.15, -0.1) is 0 Å². The Morgan fingerprint density at radius 2 is 2.23 bits per heavy atom. The molecule has 1 amide bonds. The molecule has 4 nitrogen and oxygen atoms in total. The summed E-state index contributed by atoms with van der Waals surface area (Å²) in [5, 5.41) is 11.6. The number of aliphatic hydroxyl groups is 1. The van der Waals surface area contributed by atoms with Crippen molar-refractivity contribution >= 4 is 5.91 Å². The molecule has 0 aromatic heterocycles. The zero-order chi connectivity index (χ0) is 10.3. The minimum atomic E-state index is -0.361. The maximum atomic E-state index is 11.1. The van der Waals surface area contributed by atoms with E-state index in [1.807, 2.05) is 6.92 Å². The number of nitrogens with two attached hydrogens (primary N) is 1. The minimum Gasteiger partial charge on any atom is -0.393 e. The monoisotopic (exact) mass is 188 g/mol. The van der Waals surface area contributed by atoms with E-state index in [4.69, 9.17) is 10.8 Å². The van der Waals surface area contributed by atoms with Crippen molar-refractivity contribution in [1.82, 2.24) is 5.32 Å². The van der Waals surface area contributed by atoms with Gasteiger partial charge >= 0.3 is 0 Å². The van der Waals surface area contributed by atoms with E-state index in [1.54, 1.807) is 6.92 Å². The van der Waals surface area contributed by atoms with Gasteiger partial charge in [-0.05, 0) is 19.8 Å². The number of hydrogen-bond donors (Lipinski definition) is 3. The molecular weight excluding hydrogens is 168 g/mol. The average Bonchev–Trinajstić information content (AvgIpc) is 2.03. The van der Waals surface area contributed by atoms with Gasteiger partial charge in [0.2, 0.25) is 5.91 Å². The molecule has 78 valence electrons. The van der Waals surface area contributed by atoms with Crippen LogP contribution in [-0.4, -0.2) is 29.7 Å². The van der Waals surface area contributed by atoms with E-state index in [0.29, 0.717) is 19.4 Å². The Morgan fingerprint density at radius 3 is 2.69 bits per heavy atom. The van der Waals surface area contributed by atoms with Gasteiger partial charge in [0, 0.05) is 19.0 Å². The molecule has 0 aromatic rings. The molecule has 0 spiro atoms. The number of nitrogens with one attached hydrogen (secondary N) is 1. The third kappa shape index (κ3) is 7.74. The van der Waals surface area contributed by atoms with Gasteiger partial charge < -0.3 is 16.2 Å². The van der Waals surface area contributed by atoms with Crippen LogP contribution in [0, 0.1) is 0 Å². The smallest absolute Gasteiger partial charge is 0.221 e. The zero-order valence-corrected chi connectivity index (χ0v) is 8.42. The Labute approximate surface area is 79.5 Å². The van der Waals surface area contributed by atoms with Crippen molar-refractivity contribution in [3.63, 3.8) is 0 Å². The second kappa shape index (κ2) is 6.86. The number of carbonyl (C=O) groups is 1. The van der Waals surface area contributed by atoms with Gasteiger partial charge in [0.1, 0.15) is 0 Å². The number of rotatable bonds is 6. The molecule has 0 aliphatic heterocycles. The summed E-state index contributed by atoms with van der Waals surface area (Å²) in [7, 11) is 0. The predicted molar refractivity (Wildman–Crippen MR) is 52.2 cm³/mol. The predicted octanol–water partition coefficient (Wildman–Crippen LogP) is 0.000900. The van der Waals surface area contributed by atoms with Crippen molar-refractivity contribution in [2.45, 2.75) is 45.3 Å². The molecule has 4 N–H and O–H groups in total. The van der Waals surface area contributed by atoms with Crippen molar-refractivity contribution < 1.29 is 9.90 Å². The van der Waals surface area contributed by atoms with Gasteiger partial charge in [0.05, 0.1) is 6.10 Å². The summed E-state index contributed by atoms with van der Waals surface area (Å²) in [5.41, 5.74) is 5.60. The Hall–Kier alpha value is -0.610. The van der Waals surface area contributed by atoms with Gasteiger partial charge in [0.25, 0.3) is 0 Å². The molecule has 4 heteroatoms. The molecule has 0 saturated carbocycles. The molecule has 0 radical (unpaired) electrons. The molecule has 2 unspecified atom stereocenters. The topological polar surface area (TPSA) is 75.4 Å². The summed E-state index contributed by atoms with van der Waals surface area (Å²) >= 11 is 0. The highest BCUT2D eigenvalue weighted by Gasteiger charge is 2.06. The van der Waals surface area contributed by atoms with Crippen molar-refractivity contribution in [1.29, 1.82) is 0 Å². The van der Waals surface area contributed by atoms with Gasteiger partial charge in [-0.3, -0.25) is 4.79 Å². The fourth-order valence-corrected chi connectivity index (χ4v) is 0.875. The molecule has 0 aliphatic rings. The number of carbonyl (C=O) groups excluding carboxylic acids is 1. The third-order valence-electron chi connectivity index (χ3n) is 1.86. The second-order valence-corrected chi connectivity index (χ2v) is 3.36. The summed E-state index contributed by atoms with van der Waals surface area (Å²) in [5.74, 6) is -0.0324. The van der Waals surface area contributed by atoms with E-state index in [1.165, 1.54) is 0 Å². The van der Waals surface area contributed by atoms with Gasteiger partial charge in [-0.2, -0.15) is 0 Å². The van der Waals surface area contributed by atoms with Crippen LogP contribution in [0.4, 0.5) is 0 Å². The molecule has 13 heavy (non-hydrogen) atoms. The molecule has 0 fully saturated rings. The van der Waals surface area contributed by atoms with Crippen LogP contribution in [0.1, 0.15) is 33.1 Å². The van der Waals surface area contributed by atoms with Crippen LogP contribution in [-0.2, 0) is 4.79 Å². The van der Waals surface area contributed by atoms with Gasteiger partial charge in [0.15, 0.2) is 0 Å².